The molecule has 0 amide bonds. The van der Waals surface area contributed by atoms with E-state index in [1.165, 1.54) is 12.8 Å². The average molecular weight is 296 g/mol. The first-order valence-corrected chi connectivity index (χ1v) is 7.87. The summed E-state index contributed by atoms with van der Waals surface area (Å²) in [5.74, 6) is 1.82. The summed E-state index contributed by atoms with van der Waals surface area (Å²) < 4.78 is 11.1. The summed E-state index contributed by atoms with van der Waals surface area (Å²) in [4.78, 5) is 0. The highest BCUT2D eigenvalue weighted by atomic mass is 16.5. The van der Waals surface area contributed by atoms with Gasteiger partial charge in [0.15, 0.2) is 0 Å². The van der Waals surface area contributed by atoms with Gasteiger partial charge in [0.25, 0.3) is 0 Å². The van der Waals surface area contributed by atoms with Crippen molar-refractivity contribution in [1.29, 1.82) is 0 Å². The molecule has 0 radical (unpaired) electrons. The molecule has 0 aromatic heterocycles. The fourth-order valence-corrected chi connectivity index (χ4v) is 2.21. The van der Waals surface area contributed by atoms with E-state index in [4.69, 9.17) is 9.47 Å². The lowest BCUT2D eigenvalue weighted by atomic mass is 10.1. The van der Waals surface area contributed by atoms with E-state index in [0.29, 0.717) is 0 Å². The van der Waals surface area contributed by atoms with E-state index in [2.05, 4.69) is 31.2 Å². The number of hydrogen-bond acceptors (Lipinski definition) is 2. The highest BCUT2D eigenvalue weighted by Gasteiger charge is 1.97. The number of rotatable bonds is 8. The fraction of sp³-hybridized carbons (Fsp3) is 0.300. The smallest absolute Gasteiger partial charge is 0.126 e. The van der Waals surface area contributed by atoms with Crippen LogP contribution in [0.2, 0.25) is 0 Å². The van der Waals surface area contributed by atoms with Crippen molar-refractivity contribution >= 4 is 12.2 Å². The first-order valence-electron chi connectivity index (χ1n) is 7.87. The lowest BCUT2D eigenvalue weighted by Gasteiger charge is -2.06. The number of benzene rings is 2. The van der Waals surface area contributed by atoms with Crippen molar-refractivity contribution in [2.45, 2.75) is 26.2 Å². The van der Waals surface area contributed by atoms with Gasteiger partial charge in [0.1, 0.15) is 11.5 Å². The van der Waals surface area contributed by atoms with Crippen LogP contribution < -0.4 is 9.47 Å². The summed E-state index contributed by atoms with van der Waals surface area (Å²) in [6.07, 6.45) is 7.70. The lowest BCUT2D eigenvalue weighted by molar-refractivity contribution is 0.306. The van der Waals surface area contributed by atoms with E-state index in [9.17, 15) is 0 Å². The molecule has 0 unspecified atom stereocenters. The Morgan fingerprint density at radius 1 is 0.909 bits per heavy atom. The van der Waals surface area contributed by atoms with Crippen LogP contribution in [0.25, 0.3) is 12.2 Å². The molecule has 0 bridgehead atoms. The molecule has 116 valence electrons. The predicted molar refractivity (Wildman–Crippen MR) is 93.4 cm³/mol. The number of para-hydroxylation sites is 1. The standard InChI is InChI=1S/C20H24O2/c1-3-4-7-16-22-19-14-11-17(12-15-19)10-13-18-8-5-6-9-20(18)21-2/h5-6,8-15H,3-4,7,16H2,1-2H3. The van der Waals surface area contributed by atoms with E-state index in [-0.39, 0.29) is 0 Å². The summed E-state index contributed by atoms with van der Waals surface area (Å²) in [5.41, 5.74) is 2.22. The van der Waals surface area contributed by atoms with Crippen LogP contribution in [0.5, 0.6) is 11.5 Å². The van der Waals surface area contributed by atoms with Gasteiger partial charge in [0, 0.05) is 5.56 Å². The summed E-state index contributed by atoms with van der Waals surface area (Å²) in [5, 5.41) is 0. The predicted octanol–water partition coefficient (Wildman–Crippen LogP) is 5.43. The van der Waals surface area contributed by atoms with Crippen molar-refractivity contribution in [3.8, 4) is 11.5 Å². The van der Waals surface area contributed by atoms with Gasteiger partial charge in [0.2, 0.25) is 0 Å². The van der Waals surface area contributed by atoms with Gasteiger partial charge in [-0.2, -0.15) is 0 Å². The second-order valence-corrected chi connectivity index (χ2v) is 5.20. The third kappa shape index (κ3) is 4.96. The summed E-state index contributed by atoms with van der Waals surface area (Å²) >= 11 is 0. The van der Waals surface area contributed by atoms with Crippen LogP contribution >= 0.6 is 0 Å². The minimum absolute atomic E-state index is 0.796. The van der Waals surface area contributed by atoms with Gasteiger partial charge in [0.05, 0.1) is 13.7 Å². The highest BCUT2D eigenvalue weighted by molar-refractivity contribution is 5.72. The van der Waals surface area contributed by atoms with Gasteiger partial charge in [-0.15, -0.1) is 0 Å². The van der Waals surface area contributed by atoms with Crippen LogP contribution in [-0.2, 0) is 0 Å². The van der Waals surface area contributed by atoms with Crippen molar-refractivity contribution in [2.75, 3.05) is 13.7 Å². The molecule has 0 aliphatic heterocycles. The molecule has 2 nitrogen and oxygen atoms in total. The van der Waals surface area contributed by atoms with Gasteiger partial charge in [-0.3, -0.25) is 0 Å². The van der Waals surface area contributed by atoms with E-state index in [1.54, 1.807) is 7.11 Å². The molecule has 22 heavy (non-hydrogen) atoms. The molecule has 2 aromatic rings. The monoisotopic (exact) mass is 296 g/mol. The van der Waals surface area contributed by atoms with Gasteiger partial charge in [-0.1, -0.05) is 62.2 Å². The van der Waals surface area contributed by atoms with Crippen molar-refractivity contribution in [3.05, 3.63) is 59.7 Å². The normalized spacial score (nSPS) is 10.8. The van der Waals surface area contributed by atoms with Crippen LogP contribution in [0.1, 0.15) is 37.3 Å². The molecule has 0 saturated heterocycles. The first-order chi connectivity index (χ1) is 10.8. The van der Waals surface area contributed by atoms with E-state index in [0.717, 1.165) is 35.7 Å². The van der Waals surface area contributed by atoms with E-state index >= 15 is 0 Å². The summed E-state index contributed by atoms with van der Waals surface area (Å²) in [6.45, 7) is 2.99. The Bertz CT molecular complexity index is 585. The van der Waals surface area contributed by atoms with Gasteiger partial charge in [-0.25, -0.2) is 0 Å². The Morgan fingerprint density at radius 3 is 2.41 bits per heavy atom. The molecular weight excluding hydrogens is 272 g/mol. The van der Waals surface area contributed by atoms with E-state index in [1.807, 2.05) is 36.4 Å². The molecular formula is C20H24O2. The molecule has 0 spiro atoms. The van der Waals surface area contributed by atoms with Crippen LogP contribution in [0.4, 0.5) is 0 Å². The second-order valence-electron chi connectivity index (χ2n) is 5.20. The van der Waals surface area contributed by atoms with Crippen LogP contribution in [0.3, 0.4) is 0 Å². The van der Waals surface area contributed by atoms with Crippen molar-refractivity contribution in [2.24, 2.45) is 0 Å². The Kier molecular flexibility index (Phi) is 6.56. The molecule has 0 fully saturated rings. The third-order valence-corrected chi connectivity index (χ3v) is 3.49. The maximum Gasteiger partial charge on any atom is 0.126 e. The van der Waals surface area contributed by atoms with Crippen molar-refractivity contribution in [1.82, 2.24) is 0 Å². The van der Waals surface area contributed by atoms with Crippen LogP contribution in [-0.4, -0.2) is 13.7 Å². The maximum atomic E-state index is 5.72. The zero-order valence-corrected chi connectivity index (χ0v) is 13.4. The molecule has 0 heterocycles. The highest BCUT2D eigenvalue weighted by Crippen LogP contribution is 2.21. The van der Waals surface area contributed by atoms with Crippen molar-refractivity contribution in [3.63, 3.8) is 0 Å². The summed E-state index contributed by atoms with van der Waals surface area (Å²) in [6, 6.07) is 16.2. The van der Waals surface area contributed by atoms with Gasteiger partial charge in [-0.05, 0) is 30.2 Å². The third-order valence-electron chi connectivity index (χ3n) is 3.49. The first kappa shape index (κ1) is 16.2. The topological polar surface area (TPSA) is 18.5 Å². The van der Waals surface area contributed by atoms with Gasteiger partial charge < -0.3 is 9.47 Å². The van der Waals surface area contributed by atoms with E-state index < -0.39 is 0 Å². The molecule has 2 aromatic carbocycles. The largest absolute Gasteiger partial charge is 0.496 e. The molecule has 2 heteroatoms. The minimum atomic E-state index is 0.796. The maximum absolute atomic E-state index is 5.72. The zero-order chi connectivity index (χ0) is 15.6. The van der Waals surface area contributed by atoms with Gasteiger partial charge >= 0.3 is 0 Å². The Hall–Kier alpha value is -2.22. The second kappa shape index (κ2) is 8.93. The quantitative estimate of drug-likeness (QED) is 0.477. The molecule has 0 N–H and O–H groups in total. The number of unbranched alkanes of at least 4 members (excludes halogenated alkanes) is 2. The zero-order valence-electron chi connectivity index (χ0n) is 13.4. The Balaban J connectivity index is 1.94. The molecule has 0 saturated carbocycles. The SMILES string of the molecule is CCCCCOc1ccc(C=Cc2ccccc2OC)cc1. The van der Waals surface area contributed by atoms with Crippen molar-refractivity contribution < 1.29 is 9.47 Å². The molecule has 0 aliphatic carbocycles. The lowest BCUT2D eigenvalue weighted by Crippen LogP contribution is -1.96. The number of ether oxygens (including phenoxy) is 2. The van der Waals surface area contributed by atoms with Crippen LogP contribution in [0.15, 0.2) is 48.5 Å². The molecule has 0 atom stereocenters. The van der Waals surface area contributed by atoms with Crippen LogP contribution in [0, 0.1) is 0 Å². The Labute approximate surface area is 133 Å². The fourth-order valence-electron chi connectivity index (χ4n) is 2.21. The minimum Gasteiger partial charge on any atom is -0.496 e. The average Bonchev–Trinajstić information content (AvgIpc) is 2.58. The number of hydrogen-bond donors (Lipinski definition) is 0. The molecule has 0 aliphatic rings. The Morgan fingerprint density at radius 2 is 1.68 bits per heavy atom. The summed E-state index contributed by atoms with van der Waals surface area (Å²) in [7, 11) is 1.69. The number of methoxy groups -OCH3 is 1. The molecule has 2 rings (SSSR count).